The van der Waals surface area contributed by atoms with Gasteiger partial charge in [0.05, 0.1) is 11.6 Å². The van der Waals surface area contributed by atoms with Gasteiger partial charge < -0.3 is 10.4 Å². The highest BCUT2D eigenvalue weighted by molar-refractivity contribution is 7.10. The number of rotatable bonds is 8. The summed E-state index contributed by atoms with van der Waals surface area (Å²) in [4.78, 5) is 1.37. The Hall–Kier alpha value is -1.30. The standard InChI is InChI=1S/C23H31F2NOS/c1-16(2)18-12-22(28-15-18)23(8-4-3-5-9-23)26-14-21(27)7-6-17-10-19(24)13-20(25)11-17/h10-13,15-16,21,26-27H,3-9,14H2,1-2H3/t21-/m0/s1. The molecule has 1 atom stereocenters. The number of hydrogen-bond donors (Lipinski definition) is 2. The van der Waals surface area contributed by atoms with Crippen molar-refractivity contribution in [2.24, 2.45) is 0 Å². The summed E-state index contributed by atoms with van der Waals surface area (Å²) in [6, 6.07) is 5.88. The van der Waals surface area contributed by atoms with Crippen LogP contribution in [-0.4, -0.2) is 17.8 Å². The number of aryl methyl sites for hydroxylation is 1. The molecule has 0 radical (unpaired) electrons. The van der Waals surface area contributed by atoms with Gasteiger partial charge in [-0.3, -0.25) is 0 Å². The first-order valence-corrected chi connectivity index (χ1v) is 11.2. The Morgan fingerprint density at radius 3 is 2.36 bits per heavy atom. The largest absolute Gasteiger partial charge is 0.392 e. The number of thiophene rings is 1. The molecule has 1 aromatic heterocycles. The van der Waals surface area contributed by atoms with Crippen LogP contribution in [0.5, 0.6) is 0 Å². The van der Waals surface area contributed by atoms with Crippen LogP contribution in [0.25, 0.3) is 0 Å². The molecule has 0 saturated heterocycles. The van der Waals surface area contributed by atoms with Crippen molar-refractivity contribution in [3.8, 4) is 0 Å². The van der Waals surface area contributed by atoms with E-state index in [4.69, 9.17) is 0 Å². The number of aliphatic hydroxyl groups excluding tert-OH is 1. The van der Waals surface area contributed by atoms with E-state index in [1.54, 1.807) is 0 Å². The van der Waals surface area contributed by atoms with Crippen molar-refractivity contribution in [1.82, 2.24) is 5.32 Å². The minimum atomic E-state index is -0.567. The first kappa shape index (κ1) is 21.4. The van der Waals surface area contributed by atoms with Crippen molar-refractivity contribution >= 4 is 11.3 Å². The summed E-state index contributed by atoms with van der Waals surface area (Å²) in [6.07, 6.45) is 6.23. The highest BCUT2D eigenvalue weighted by Crippen LogP contribution is 2.41. The van der Waals surface area contributed by atoms with Crippen LogP contribution in [0.3, 0.4) is 0 Å². The molecule has 3 rings (SSSR count). The Morgan fingerprint density at radius 2 is 1.75 bits per heavy atom. The summed E-state index contributed by atoms with van der Waals surface area (Å²) < 4.78 is 26.7. The van der Waals surface area contributed by atoms with Gasteiger partial charge in [-0.15, -0.1) is 11.3 Å². The monoisotopic (exact) mass is 407 g/mol. The van der Waals surface area contributed by atoms with E-state index in [9.17, 15) is 13.9 Å². The van der Waals surface area contributed by atoms with Crippen LogP contribution in [0.15, 0.2) is 29.6 Å². The van der Waals surface area contributed by atoms with Crippen LogP contribution < -0.4 is 5.32 Å². The minimum absolute atomic E-state index is 0.0536. The molecule has 2 aromatic rings. The first-order valence-electron chi connectivity index (χ1n) is 10.3. The summed E-state index contributed by atoms with van der Waals surface area (Å²) in [7, 11) is 0. The Kier molecular flexibility index (Phi) is 7.24. The lowest BCUT2D eigenvalue weighted by molar-refractivity contribution is 0.133. The van der Waals surface area contributed by atoms with E-state index >= 15 is 0 Å². The molecular formula is C23H31F2NOS. The topological polar surface area (TPSA) is 32.3 Å². The van der Waals surface area contributed by atoms with Gasteiger partial charge in [-0.05, 0) is 66.3 Å². The fraction of sp³-hybridized carbons (Fsp3) is 0.565. The molecule has 1 saturated carbocycles. The third-order valence-corrected chi connectivity index (χ3v) is 6.98. The van der Waals surface area contributed by atoms with E-state index < -0.39 is 17.7 Å². The molecule has 2 nitrogen and oxygen atoms in total. The Morgan fingerprint density at radius 1 is 1.07 bits per heavy atom. The molecule has 0 aliphatic heterocycles. The van der Waals surface area contributed by atoms with Gasteiger partial charge in [-0.1, -0.05) is 33.1 Å². The second kappa shape index (κ2) is 9.47. The minimum Gasteiger partial charge on any atom is -0.392 e. The van der Waals surface area contributed by atoms with Crippen LogP contribution in [0.4, 0.5) is 8.78 Å². The lowest BCUT2D eigenvalue weighted by Crippen LogP contribution is -2.46. The van der Waals surface area contributed by atoms with E-state index in [1.807, 2.05) is 11.3 Å². The van der Waals surface area contributed by atoms with Crippen LogP contribution >= 0.6 is 11.3 Å². The van der Waals surface area contributed by atoms with Crippen molar-refractivity contribution in [2.75, 3.05) is 6.54 Å². The molecule has 0 unspecified atom stereocenters. The van der Waals surface area contributed by atoms with E-state index in [2.05, 4.69) is 30.6 Å². The van der Waals surface area contributed by atoms with E-state index in [0.29, 0.717) is 30.9 Å². The number of nitrogens with one attached hydrogen (secondary N) is 1. The zero-order chi connectivity index (χ0) is 20.1. The quantitative estimate of drug-likeness (QED) is 0.572. The fourth-order valence-corrected chi connectivity index (χ4v) is 5.38. The van der Waals surface area contributed by atoms with Gasteiger partial charge in [-0.25, -0.2) is 8.78 Å². The van der Waals surface area contributed by atoms with Gasteiger partial charge in [-0.2, -0.15) is 0 Å². The van der Waals surface area contributed by atoms with E-state index in [-0.39, 0.29) is 5.54 Å². The molecule has 0 spiro atoms. The van der Waals surface area contributed by atoms with Crippen LogP contribution in [0, 0.1) is 11.6 Å². The molecule has 1 heterocycles. The lowest BCUT2D eigenvalue weighted by Gasteiger charge is -2.38. The lowest BCUT2D eigenvalue weighted by atomic mass is 9.80. The molecule has 1 fully saturated rings. The third kappa shape index (κ3) is 5.40. The highest BCUT2D eigenvalue weighted by atomic mass is 32.1. The number of halogens is 2. The molecule has 5 heteroatoms. The summed E-state index contributed by atoms with van der Waals surface area (Å²) in [5.41, 5.74) is 1.91. The number of hydrogen-bond acceptors (Lipinski definition) is 3. The second-order valence-corrected chi connectivity index (χ2v) is 9.30. The second-order valence-electron chi connectivity index (χ2n) is 8.39. The Bertz CT molecular complexity index is 747. The molecule has 0 bridgehead atoms. The normalized spacial score (nSPS) is 17.8. The zero-order valence-electron chi connectivity index (χ0n) is 16.8. The average molecular weight is 408 g/mol. The van der Waals surface area contributed by atoms with Crippen molar-refractivity contribution < 1.29 is 13.9 Å². The van der Waals surface area contributed by atoms with Gasteiger partial charge in [0.1, 0.15) is 11.6 Å². The van der Waals surface area contributed by atoms with Crippen molar-refractivity contribution in [1.29, 1.82) is 0 Å². The smallest absolute Gasteiger partial charge is 0.126 e. The maximum Gasteiger partial charge on any atom is 0.126 e. The molecule has 0 amide bonds. The number of benzene rings is 1. The molecule has 1 aliphatic carbocycles. The maximum absolute atomic E-state index is 13.3. The van der Waals surface area contributed by atoms with Crippen LogP contribution in [0.1, 0.15) is 74.3 Å². The fourth-order valence-electron chi connectivity index (χ4n) is 4.07. The highest BCUT2D eigenvalue weighted by Gasteiger charge is 2.35. The van der Waals surface area contributed by atoms with Gasteiger partial charge in [0.15, 0.2) is 0 Å². The van der Waals surface area contributed by atoms with Gasteiger partial charge in [0.25, 0.3) is 0 Å². The van der Waals surface area contributed by atoms with Crippen LogP contribution in [-0.2, 0) is 12.0 Å². The molecule has 154 valence electrons. The maximum atomic E-state index is 13.3. The molecule has 1 aromatic carbocycles. The van der Waals surface area contributed by atoms with Gasteiger partial charge in [0.2, 0.25) is 0 Å². The van der Waals surface area contributed by atoms with Gasteiger partial charge >= 0.3 is 0 Å². The zero-order valence-corrected chi connectivity index (χ0v) is 17.6. The van der Waals surface area contributed by atoms with Gasteiger partial charge in [0, 0.05) is 17.5 Å². The Labute approximate surface area is 171 Å². The summed E-state index contributed by atoms with van der Waals surface area (Å²) >= 11 is 1.82. The summed E-state index contributed by atoms with van der Waals surface area (Å²) in [5.74, 6) is -0.618. The van der Waals surface area contributed by atoms with Crippen molar-refractivity contribution in [3.05, 3.63) is 57.3 Å². The third-order valence-electron chi connectivity index (χ3n) is 5.83. The van der Waals surface area contributed by atoms with Crippen molar-refractivity contribution in [3.63, 3.8) is 0 Å². The Balaban J connectivity index is 1.61. The average Bonchev–Trinajstić information content (AvgIpc) is 3.16. The summed E-state index contributed by atoms with van der Waals surface area (Å²) in [6.45, 7) is 4.92. The molecule has 1 aliphatic rings. The first-order chi connectivity index (χ1) is 13.4. The van der Waals surface area contributed by atoms with E-state index in [1.165, 1.54) is 41.8 Å². The SMILES string of the molecule is CC(C)c1csc(C2(NC[C@@H](O)CCc3cc(F)cc(F)c3)CCCCC2)c1. The number of aliphatic hydroxyl groups is 1. The summed E-state index contributed by atoms with van der Waals surface area (Å²) in [5, 5.41) is 16.4. The van der Waals surface area contributed by atoms with Crippen molar-refractivity contribution in [2.45, 2.75) is 76.4 Å². The van der Waals surface area contributed by atoms with Crippen LogP contribution in [0.2, 0.25) is 0 Å². The predicted molar refractivity (Wildman–Crippen MR) is 112 cm³/mol. The molecule has 2 N–H and O–H groups in total. The van der Waals surface area contributed by atoms with E-state index in [0.717, 1.165) is 18.9 Å². The molecule has 28 heavy (non-hydrogen) atoms. The molecular weight excluding hydrogens is 376 g/mol. The predicted octanol–water partition coefficient (Wildman–Crippen LogP) is 5.89.